The fraction of sp³-hybridized carbons (Fsp3) is 0.300. The minimum atomic E-state index is -4.42. The summed E-state index contributed by atoms with van der Waals surface area (Å²) in [6, 6.07) is 3.02. The van der Waals surface area contributed by atoms with E-state index in [0.717, 1.165) is 18.2 Å². The standard InChI is InChI=1S/C10H7BrF4OS/c11-5-7(16)3-6-4-8(1-2-9(6)12)17-10(13,14)15/h1-2,4H,3,5H2. The van der Waals surface area contributed by atoms with E-state index in [1.165, 1.54) is 0 Å². The molecule has 0 bridgehead atoms. The van der Waals surface area contributed by atoms with Gasteiger partial charge >= 0.3 is 5.51 Å². The fourth-order valence-electron chi connectivity index (χ4n) is 1.14. The summed E-state index contributed by atoms with van der Waals surface area (Å²) in [5.74, 6) is -0.969. The van der Waals surface area contributed by atoms with Gasteiger partial charge in [0.1, 0.15) is 11.6 Å². The molecule has 0 unspecified atom stereocenters. The Morgan fingerprint density at radius 1 is 1.35 bits per heavy atom. The lowest BCUT2D eigenvalue weighted by Crippen LogP contribution is -2.06. The zero-order chi connectivity index (χ0) is 13.1. The van der Waals surface area contributed by atoms with E-state index in [-0.39, 0.29) is 39.8 Å². The lowest BCUT2D eigenvalue weighted by molar-refractivity contribution is -0.115. The normalized spacial score (nSPS) is 11.6. The molecule has 0 saturated carbocycles. The quantitative estimate of drug-likeness (QED) is 0.472. The molecule has 0 aliphatic carbocycles. The summed E-state index contributed by atoms with van der Waals surface area (Å²) in [5.41, 5.74) is -4.45. The Labute approximate surface area is 108 Å². The Bertz CT molecular complexity index is 419. The third-order valence-corrected chi connectivity index (χ3v) is 3.13. The molecule has 0 spiro atoms. The molecule has 0 heterocycles. The van der Waals surface area contributed by atoms with Gasteiger partial charge in [-0.3, -0.25) is 4.79 Å². The first kappa shape index (κ1) is 14.5. The molecule has 0 radical (unpaired) electrons. The highest BCUT2D eigenvalue weighted by molar-refractivity contribution is 9.09. The van der Waals surface area contributed by atoms with Gasteiger partial charge in [0.15, 0.2) is 0 Å². The molecular formula is C10H7BrF4OS. The van der Waals surface area contributed by atoms with Crippen molar-refractivity contribution in [3.8, 4) is 0 Å². The number of carbonyl (C=O) groups excluding carboxylic acids is 1. The van der Waals surface area contributed by atoms with Crippen molar-refractivity contribution in [3.63, 3.8) is 0 Å². The summed E-state index contributed by atoms with van der Waals surface area (Å²) in [6.45, 7) is 0. The molecule has 1 nitrogen and oxygen atoms in total. The highest BCUT2D eigenvalue weighted by Crippen LogP contribution is 2.37. The van der Waals surface area contributed by atoms with Crippen LogP contribution in [0.25, 0.3) is 0 Å². The molecule has 1 aromatic carbocycles. The Kier molecular flexibility index (Phi) is 5.00. The minimum Gasteiger partial charge on any atom is -0.298 e. The fourth-order valence-corrected chi connectivity index (χ4v) is 1.95. The highest BCUT2D eigenvalue weighted by atomic mass is 79.9. The summed E-state index contributed by atoms with van der Waals surface area (Å²) in [7, 11) is 0. The Balaban J connectivity index is 2.90. The number of benzene rings is 1. The van der Waals surface area contributed by atoms with Gasteiger partial charge in [0.25, 0.3) is 0 Å². The second-order valence-corrected chi connectivity index (χ2v) is 4.85. The van der Waals surface area contributed by atoms with Crippen LogP contribution in [0, 0.1) is 5.82 Å². The Morgan fingerprint density at radius 2 is 2.00 bits per heavy atom. The number of carbonyl (C=O) groups is 1. The third-order valence-electron chi connectivity index (χ3n) is 1.79. The van der Waals surface area contributed by atoms with Gasteiger partial charge in [0, 0.05) is 11.3 Å². The van der Waals surface area contributed by atoms with Gasteiger partial charge in [-0.2, -0.15) is 13.2 Å². The van der Waals surface area contributed by atoms with Crippen LogP contribution in [0.3, 0.4) is 0 Å². The van der Waals surface area contributed by atoms with Crippen LogP contribution < -0.4 is 0 Å². The zero-order valence-electron chi connectivity index (χ0n) is 8.35. The van der Waals surface area contributed by atoms with Crippen LogP contribution >= 0.6 is 27.7 Å². The first-order chi connectivity index (χ1) is 7.81. The van der Waals surface area contributed by atoms with Crippen LogP contribution in [0.1, 0.15) is 5.56 Å². The number of hydrogen-bond donors (Lipinski definition) is 0. The number of rotatable bonds is 4. The lowest BCUT2D eigenvalue weighted by atomic mass is 10.1. The molecule has 0 fully saturated rings. The summed E-state index contributed by atoms with van der Waals surface area (Å²) in [5, 5.41) is 0.0447. The van der Waals surface area contributed by atoms with Gasteiger partial charge in [0.05, 0.1) is 5.33 Å². The summed E-state index contributed by atoms with van der Waals surface area (Å²) >= 11 is 2.58. The number of Topliss-reactive ketones (excluding diaryl/α,β-unsaturated/α-hetero) is 1. The number of hydrogen-bond acceptors (Lipinski definition) is 2. The smallest absolute Gasteiger partial charge is 0.298 e. The van der Waals surface area contributed by atoms with Crippen molar-refractivity contribution in [3.05, 3.63) is 29.6 Å². The van der Waals surface area contributed by atoms with Crippen molar-refractivity contribution in [2.75, 3.05) is 5.33 Å². The van der Waals surface area contributed by atoms with E-state index in [9.17, 15) is 22.4 Å². The predicted octanol–water partition coefficient (Wildman–Crippen LogP) is 3.94. The van der Waals surface area contributed by atoms with Crippen LogP contribution in [0.15, 0.2) is 23.1 Å². The monoisotopic (exact) mass is 330 g/mol. The number of alkyl halides is 4. The molecule has 0 atom stereocenters. The molecule has 0 amide bonds. The van der Waals surface area contributed by atoms with Crippen molar-refractivity contribution >= 4 is 33.5 Å². The van der Waals surface area contributed by atoms with Gasteiger partial charge in [-0.15, -0.1) is 0 Å². The average molecular weight is 331 g/mol. The molecular weight excluding hydrogens is 324 g/mol. The van der Waals surface area contributed by atoms with E-state index < -0.39 is 11.3 Å². The maximum atomic E-state index is 13.2. The van der Waals surface area contributed by atoms with Gasteiger partial charge in [0.2, 0.25) is 0 Å². The first-order valence-electron chi connectivity index (χ1n) is 4.43. The molecule has 0 N–H and O–H groups in total. The molecule has 0 saturated heterocycles. The van der Waals surface area contributed by atoms with E-state index in [1.54, 1.807) is 0 Å². The molecule has 7 heteroatoms. The van der Waals surface area contributed by atoms with E-state index in [4.69, 9.17) is 0 Å². The van der Waals surface area contributed by atoms with Gasteiger partial charge < -0.3 is 0 Å². The van der Waals surface area contributed by atoms with Gasteiger partial charge in [-0.1, -0.05) is 15.9 Å². The van der Waals surface area contributed by atoms with Crippen molar-refractivity contribution < 1.29 is 22.4 Å². The topological polar surface area (TPSA) is 17.1 Å². The second-order valence-electron chi connectivity index (χ2n) is 3.15. The number of halogens is 5. The van der Waals surface area contributed by atoms with Crippen LogP contribution in [0.2, 0.25) is 0 Å². The van der Waals surface area contributed by atoms with Gasteiger partial charge in [-0.05, 0) is 35.5 Å². The van der Waals surface area contributed by atoms with Crippen molar-refractivity contribution in [2.45, 2.75) is 16.8 Å². The number of thioether (sulfide) groups is 1. The molecule has 0 aliphatic heterocycles. The average Bonchev–Trinajstić information content (AvgIpc) is 2.20. The Hall–Kier alpha value is -0.560. The highest BCUT2D eigenvalue weighted by Gasteiger charge is 2.29. The molecule has 1 aromatic rings. The largest absolute Gasteiger partial charge is 0.446 e. The molecule has 0 aromatic heterocycles. The summed E-state index contributed by atoms with van der Waals surface area (Å²) < 4.78 is 49.5. The molecule has 17 heavy (non-hydrogen) atoms. The molecule has 1 rings (SSSR count). The van der Waals surface area contributed by atoms with Crippen LogP contribution in [-0.2, 0) is 11.2 Å². The van der Waals surface area contributed by atoms with E-state index >= 15 is 0 Å². The van der Waals surface area contributed by atoms with Crippen LogP contribution in [-0.4, -0.2) is 16.6 Å². The zero-order valence-corrected chi connectivity index (χ0v) is 10.8. The lowest BCUT2D eigenvalue weighted by Gasteiger charge is -2.07. The maximum Gasteiger partial charge on any atom is 0.446 e. The number of ketones is 1. The first-order valence-corrected chi connectivity index (χ1v) is 6.37. The van der Waals surface area contributed by atoms with Crippen molar-refractivity contribution in [1.29, 1.82) is 0 Å². The van der Waals surface area contributed by atoms with E-state index in [0.29, 0.717) is 0 Å². The summed E-state index contributed by atoms with van der Waals surface area (Å²) in [6.07, 6.45) is -0.219. The van der Waals surface area contributed by atoms with Gasteiger partial charge in [-0.25, -0.2) is 4.39 Å². The van der Waals surface area contributed by atoms with E-state index in [1.807, 2.05) is 0 Å². The second kappa shape index (κ2) is 5.86. The SMILES string of the molecule is O=C(CBr)Cc1cc(SC(F)(F)F)ccc1F. The third kappa shape index (κ3) is 5.08. The maximum absolute atomic E-state index is 13.2. The minimum absolute atomic E-state index is 0.0244. The van der Waals surface area contributed by atoms with Crippen LogP contribution in [0.5, 0.6) is 0 Å². The molecule has 0 aliphatic rings. The Morgan fingerprint density at radius 3 is 2.53 bits per heavy atom. The predicted molar refractivity (Wildman–Crippen MR) is 60.8 cm³/mol. The van der Waals surface area contributed by atoms with E-state index in [2.05, 4.69) is 15.9 Å². The van der Waals surface area contributed by atoms with Crippen molar-refractivity contribution in [2.24, 2.45) is 0 Å². The molecule has 94 valence electrons. The summed E-state index contributed by atoms with van der Waals surface area (Å²) in [4.78, 5) is 11.0. The van der Waals surface area contributed by atoms with Crippen molar-refractivity contribution in [1.82, 2.24) is 0 Å². The van der Waals surface area contributed by atoms with Crippen LogP contribution in [0.4, 0.5) is 17.6 Å².